The first-order valence-corrected chi connectivity index (χ1v) is 17.7. The Morgan fingerprint density at radius 1 is 0.579 bits per heavy atom. The first-order valence-electron chi connectivity index (χ1n) is 13.8. The number of benzene rings is 1. The van der Waals surface area contributed by atoms with E-state index in [9.17, 15) is 9.59 Å². The number of carbonyl (C=O) groups is 2. The van der Waals surface area contributed by atoms with Gasteiger partial charge in [-0.2, -0.15) is 0 Å². The topological polar surface area (TPSA) is 114 Å². The van der Waals surface area contributed by atoms with Crippen molar-refractivity contribution in [1.29, 1.82) is 0 Å². The van der Waals surface area contributed by atoms with Crippen molar-refractivity contribution in [2.45, 2.75) is 66.5 Å². The molecule has 0 aliphatic rings. The van der Waals surface area contributed by atoms with Crippen molar-refractivity contribution in [3.05, 3.63) is 35.4 Å². The second kappa shape index (κ2) is 19.4. The van der Waals surface area contributed by atoms with Gasteiger partial charge in [0.1, 0.15) is 0 Å². The van der Waals surface area contributed by atoms with Crippen LogP contribution in [0.2, 0.25) is 12.1 Å². The van der Waals surface area contributed by atoms with Crippen molar-refractivity contribution in [2.24, 2.45) is 0 Å². The molecule has 0 saturated carbocycles. The van der Waals surface area contributed by atoms with Crippen LogP contribution in [0.1, 0.15) is 75.1 Å². The lowest BCUT2D eigenvalue weighted by atomic mass is 10.1. The number of nitrogens with one attached hydrogen (secondary N) is 2. The van der Waals surface area contributed by atoms with Gasteiger partial charge in [0.2, 0.25) is 0 Å². The van der Waals surface area contributed by atoms with Crippen molar-refractivity contribution >= 4 is 29.4 Å². The van der Waals surface area contributed by atoms with Gasteiger partial charge in [0, 0.05) is 64.8 Å². The molecule has 0 unspecified atom stereocenters. The molecular formula is C26H48N2O8Si2. The average molecular weight is 573 g/mol. The van der Waals surface area contributed by atoms with Crippen LogP contribution < -0.4 is 10.6 Å². The van der Waals surface area contributed by atoms with Gasteiger partial charge in [-0.05, 0) is 66.5 Å². The molecule has 1 rings (SSSR count). The van der Waals surface area contributed by atoms with Crippen molar-refractivity contribution < 1.29 is 36.1 Å². The summed E-state index contributed by atoms with van der Waals surface area (Å²) >= 11 is 0. The van der Waals surface area contributed by atoms with Crippen LogP contribution in [0, 0.1) is 0 Å². The molecule has 1 aromatic carbocycles. The summed E-state index contributed by atoms with van der Waals surface area (Å²) in [6, 6.07) is 7.99. The minimum Gasteiger partial charge on any atom is -0.374 e. The van der Waals surface area contributed by atoms with Gasteiger partial charge < -0.3 is 37.2 Å². The van der Waals surface area contributed by atoms with E-state index in [1.54, 1.807) is 24.3 Å². The zero-order chi connectivity index (χ0) is 28.3. The van der Waals surface area contributed by atoms with Gasteiger partial charge in [-0.3, -0.25) is 9.59 Å². The molecule has 0 saturated heterocycles. The largest absolute Gasteiger partial charge is 0.500 e. The summed E-state index contributed by atoms with van der Waals surface area (Å²) in [5.41, 5.74) is 0.657. The Morgan fingerprint density at radius 3 is 1.13 bits per heavy atom. The number of hydrogen-bond donors (Lipinski definition) is 2. The minimum absolute atomic E-state index is 0.303. The van der Waals surface area contributed by atoms with Gasteiger partial charge in [-0.15, -0.1) is 0 Å². The molecule has 1 aromatic rings. The second-order valence-electron chi connectivity index (χ2n) is 8.23. The summed E-state index contributed by atoms with van der Waals surface area (Å²) in [5.74, 6) is -0.606. The molecule has 2 N–H and O–H groups in total. The van der Waals surface area contributed by atoms with Crippen molar-refractivity contribution in [1.82, 2.24) is 10.6 Å². The standard InChI is InChI=1S/C26H48N2O8Si2/c1-7-31-37(32-8-2,33-9-3)21-15-19-27-25(29)23-17-13-14-18-24(23)26(30)28-20-16-22-38(34-10-4,35-11-5)36-12-6/h13-14,17-18H,7-12,15-16,19-22H2,1-6H3,(H,27,29)(H,28,30). The van der Waals surface area contributed by atoms with E-state index in [2.05, 4.69) is 10.6 Å². The van der Waals surface area contributed by atoms with Crippen LogP contribution in [0.3, 0.4) is 0 Å². The first kappa shape index (κ1) is 34.4. The smallest absolute Gasteiger partial charge is 0.374 e. The Bertz CT molecular complexity index is 716. The maximum absolute atomic E-state index is 12.9. The molecular weight excluding hydrogens is 524 g/mol. The van der Waals surface area contributed by atoms with Gasteiger partial charge >= 0.3 is 17.6 Å². The van der Waals surface area contributed by atoms with Crippen LogP contribution in [-0.4, -0.2) is 82.2 Å². The molecule has 12 heteroatoms. The van der Waals surface area contributed by atoms with Gasteiger partial charge in [0.15, 0.2) is 0 Å². The third kappa shape index (κ3) is 11.6. The molecule has 0 atom stereocenters. The van der Waals surface area contributed by atoms with E-state index in [1.165, 1.54) is 0 Å². The fourth-order valence-electron chi connectivity index (χ4n) is 4.09. The summed E-state index contributed by atoms with van der Waals surface area (Å²) in [5, 5.41) is 5.83. The molecule has 0 fully saturated rings. The molecule has 0 bridgehead atoms. The highest BCUT2D eigenvalue weighted by molar-refractivity contribution is 6.61. The summed E-state index contributed by atoms with van der Waals surface area (Å²) < 4.78 is 35.2. The third-order valence-electron chi connectivity index (χ3n) is 5.49. The van der Waals surface area contributed by atoms with Crippen LogP contribution in [-0.2, 0) is 26.6 Å². The Hall–Kier alpha value is -1.65. The highest BCUT2D eigenvalue weighted by Gasteiger charge is 2.40. The van der Waals surface area contributed by atoms with E-state index in [0.717, 1.165) is 0 Å². The number of amides is 2. The molecule has 38 heavy (non-hydrogen) atoms. The molecule has 0 aliphatic carbocycles. The normalized spacial score (nSPS) is 11.9. The molecule has 0 spiro atoms. The van der Waals surface area contributed by atoms with E-state index >= 15 is 0 Å². The van der Waals surface area contributed by atoms with Crippen LogP contribution in [0.25, 0.3) is 0 Å². The maximum atomic E-state index is 12.9. The predicted octanol–water partition coefficient (Wildman–Crippen LogP) is 4.02. The summed E-state index contributed by atoms with van der Waals surface area (Å²) in [4.78, 5) is 25.9. The van der Waals surface area contributed by atoms with E-state index < -0.39 is 17.6 Å². The highest BCUT2D eigenvalue weighted by Crippen LogP contribution is 2.19. The van der Waals surface area contributed by atoms with Crippen LogP contribution in [0.5, 0.6) is 0 Å². The van der Waals surface area contributed by atoms with Gasteiger partial charge in [0.05, 0.1) is 11.1 Å². The molecule has 0 aromatic heterocycles. The Balaban J connectivity index is 2.69. The van der Waals surface area contributed by atoms with Crippen LogP contribution in [0.15, 0.2) is 24.3 Å². The summed E-state index contributed by atoms with van der Waals surface area (Å²) in [7, 11) is -5.53. The predicted molar refractivity (Wildman–Crippen MR) is 151 cm³/mol. The fourth-order valence-corrected chi connectivity index (χ4v) is 9.31. The van der Waals surface area contributed by atoms with E-state index in [1.807, 2.05) is 41.5 Å². The lowest BCUT2D eigenvalue weighted by Gasteiger charge is -2.28. The fraction of sp³-hybridized carbons (Fsp3) is 0.692. The number of hydrogen-bond acceptors (Lipinski definition) is 8. The Morgan fingerprint density at radius 2 is 0.868 bits per heavy atom. The molecule has 2 amide bonds. The van der Waals surface area contributed by atoms with E-state index in [0.29, 0.717) is 88.8 Å². The SMILES string of the molecule is CCO[Si](CCCNC(=O)c1ccccc1C(=O)NCCC[Si](OCC)(OCC)OCC)(OCC)OCC. The number of carbonyl (C=O) groups excluding carboxylic acids is 2. The Labute approximate surface area is 230 Å². The molecule has 0 aliphatic heterocycles. The summed E-state index contributed by atoms with van der Waals surface area (Å²) in [6.07, 6.45) is 1.27. The minimum atomic E-state index is -2.76. The van der Waals surface area contributed by atoms with Crippen molar-refractivity contribution in [2.75, 3.05) is 52.7 Å². The Kier molecular flexibility index (Phi) is 17.6. The quantitative estimate of drug-likeness (QED) is 0.158. The molecule has 0 heterocycles. The molecule has 10 nitrogen and oxygen atoms in total. The second-order valence-corrected chi connectivity index (χ2v) is 13.7. The van der Waals surface area contributed by atoms with Crippen LogP contribution in [0.4, 0.5) is 0 Å². The number of rotatable bonds is 22. The molecule has 218 valence electrons. The molecule has 0 radical (unpaired) electrons. The van der Waals surface area contributed by atoms with Gasteiger partial charge in [-0.25, -0.2) is 0 Å². The van der Waals surface area contributed by atoms with E-state index in [4.69, 9.17) is 26.6 Å². The van der Waals surface area contributed by atoms with E-state index in [-0.39, 0.29) is 11.8 Å². The lowest BCUT2D eigenvalue weighted by Crippen LogP contribution is -2.46. The summed E-state index contributed by atoms with van der Waals surface area (Å²) in [6.45, 7) is 15.4. The highest BCUT2D eigenvalue weighted by atomic mass is 28.4. The first-order chi connectivity index (χ1) is 18.4. The van der Waals surface area contributed by atoms with Crippen molar-refractivity contribution in [3.63, 3.8) is 0 Å². The van der Waals surface area contributed by atoms with Gasteiger partial charge in [-0.1, -0.05) is 12.1 Å². The third-order valence-corrected chi connectivity index (χ3v) is 11.8. The monoisotopic (exact) mass is 572 g/mol. The maximum Gasteiger partial charge on any atom is 0.500 e. The zero-order valence-corrected chi connectivity index (χ0v) is 26.1. The lowest BCUT2D eigenvalue weighted by molar-refractivity contribution is 0.0698. The van der Waals surface area contributed by atoms with Crippen molar-refractivity contribution in [3.8, 4) is 0 Å². The zero-order valence-electron chi connectivity index (χ0n) is 24.1. The average Bonchev–Trinajstić information content (AvgIpc) is 2.90. The van der Waals surface area contributed by atoms with Crippen LogP contribution >= 0.6 is 0 Å². The van der Waals surface area contributed by atoms with Gasteiger partial charge in [0.25, 0.3) is 11.8 Å².